The minimum absolute atomic E-state index is 0.161. The van der Waals surface area contributed by atoms with Crippen LogP contribution in [0.4, 0.5) is 0 Å². The Hall–Kier alpha value is -1.48. The van der Waals surface area contributed by atoms with Gasteiger partial charge in [0, 0.05) is 11.8 Å². The van der Waals surface area contributed by atoms with Crippen LogP contribution in [0.1, 0.15) is 31.7 Å². The molecule has 0 aliphatic carbocycles. The highest BCUT2D eigenvalue weighted by molar-refractivity contribution is 5.09. The third kappa shape index (κ3) is 2.42. The number of aliphatic hydroxyl groups excluding tert-OH is 3. The summed E-state index contributed by atoms with van der Waals surface area (Å²) in [6.45, 7) is 3.09. The number of aliphatic hydroxyl groups is 3. The van der Waals surface area contributed by atoms with Crippen molar-refractivity contribution >= 4 is 0 Å². The molecule has 2 heterocycles. The first-order valence-electron chi connectivity index (χ1n) is 6.35. The first-order chi connectivity index (χ1) is 9.36. The summed E-state index contributed by atoms with van der Waals surface area (Å²) < 4.78 is 6.43. The lowest BCUT2D eigenvalue weighted by atomic mass is 10.1. The second kappa shape index (κ2) is 5.49. The molecule has 0 saturated carbocycles. The molecule has 1 aromatic rings. The van der Waals surface area contributed by atoms with Crippen LogP contribution in [0.2, 0.25) is 0 Å². The van der Waals surface area contributed by atoms with E-state index >= 15 is 0 Å². The molecule has 4 N–H and O–H groups in total. The van der Waals surface area contributed by atoms with Crippen LogP contribution in [0.25, 0.3) is 0 Å². The van der Waals surface area contributed by atoms with Crippen molar-refractivity contribution < 1.29 is 20.1 Å². The molecule has 0 bridgehead atoms. The fourth-order valence-electron chi connectivity index (χ4n) is 2.32. The monoisotopic (exact) mass is 286 g/mol. The molecule has 1 aliphatic rings. The molecular weight excluding hydrogens is 268 g/mol. The number of hydrogen-bond acceptors (Lipinski definition) is 6. The summed E-state index contributed by atoms with van der Waals surface area (Å²) >= 11 is 0. The van der Waals surface area contributed by atoms with E-state index in [9.17, 15) is 19.8 Å². The molecule has 0 radical (unpaired) electrons. The average Bonchev–Trinajstić information content (AvgIpc) is 2.65. The summed E-state index contributed by atoms with van der Waals surface area (Å²) in [4.78, 5) is 25.5. The first kappa shape index (κ1) is 14.9. The van der Waals surface area contributed by atoms with Crippen molar-refractivity contribution in [3.63, 3.8) is 0 Å². The Morgan fingerprint density at radius 1 is 1.35 bits per heavy atom. The molecule has 0 spiro atoms. The highest BCUT2D eigenvalue weighted by atomic mass is 16.6. The number of rotatable bonds is 3. The van der Waals surface area contributed by atoms with Crippen LogP contribution < -0.4 is 11.2 Å². The van der Waals surface area contributed by atoms with Crippen LogP contribution in [-0.4, -0.2) is 49.8 Å². The van der Waals surface area contributed by atoms with Crippen molar-refractivity contribution in [2.24, 2.45) is 0 Å². The van der Waals surface area contributed by atoms with Gasteiger partial charge in [0.2, 0.25) is 0 Å². The van der Waals surface area contributed by atoms with Gasteiger partial charge in [0.05, 0.1) is 6.61 Å². The Balaban J connectivity index is 2.53. The van der Waals surface area contributed by atoms with Gasteiger partial charge in [-0.05, 0) is 5.92 Å². The Morgan fingerprint density at radius 2 is 2.00 bits per heavy atom. The average molecular weight is 286 g/mol. The molecule has 1 fully saturated rings. The highest BCUT2D eigenvalue weighted by Gasteiger charge is 2.44. The fourth-order valence-corrected chi connectivity index (χ4v) is 2.32. The smallest absolute Gasteiger partial charge is 0.330 e. The summed E-state index contributed by atoms with van der Waals surface area (Å²) in [5, 5.41) is 28.8. The van der Waals surface area contributed by atoms with E-state index in [-0.39, 0.29) is 5.92 Å². The molecule has 0 unspecified atom stereocenters. The molecule has 0 amide bonds. The van der Waals surface area contributed by atoms with Gasteiger partial charge in [-0.2, -0.15) is 0 Å². The second-order valence-corrected chi connectivity index (χ2v) is 5.12. The van der Waals surface area contributed by atoms with Crippen LogP contribution in [0.5, 0.6) is 0 Å². The minimum atomic E-state index is -1.37. The number of hydrogen-bond donors (Lipinski definition) is 4. The molecule has 20 heavy (non-hydrogen) atoms. The van der Waals surface area contributed by atoms with E-state index in [2.05, 4.69) is 4.98 Å². The summed E-state index contributed by atoms with van der Waals surface area (Å²) in [5.74, 6) is -0.161. The molecule has 1 saturated heterocycles. The predicted molar refractivity (Wildman–Crippen MR) is 68.4 cm³/mol. The van der Waals surface area contributed by atoms with Gasteiger partial charge in [-0.1, -0.05) is 13.8 Å². The minimum Gasteiger partial charge on any atom is -0.394 e. The van der Waals surface area contributed by atoms with Gasteiger partial charge >= 0.3 is 5.69 Å². The fraction of sp³-hybridized carbons (Fsp3) is 0.667. The molecule has 8 heteroatoms. The Morgan fingerprint density at radius 3 is 2.50 bits per heavy atom. The molecule has 2 rings (SSSR count). The van der Waals surface area contributed by atoms with Gasteiger partial charge in [0.25, 0.3) is 5.56 Å². The Bertz CT molecular complexity index is 592. The van der Waals surface area contributed by atoms with E-state index < -0.39 is 42.4 Å². The maximum Gasteiger partial charge on any atom is 0.330 e. The van der Waals surface area contributed by atoms with E-state index in [0.717, 1.165) is 4.57 Å². The molecule has 4 atom stereocenters. The number of ether oxygens (including phenoxy) is 1. The lowest BCUT2D eigenvalue weighted by molar-refractivity contribution is -0.0565. The first-order valence-corrected chi connectivity index (χ1v) is 6.35. The molecule has 1 aliphatic heterocycles. The van der Waals surface area contributed by atoms with Crippen molar-refractivity contribution in [2.45, 2.75) is 44.3 Å². The van der Waals surface area contributed by atoms with Crippen LogP contribution in [0.3, 0.4) is 0 Å². The second-order valence-electron chi connectivity index (χ2n) is 5.12. The van der Waals surface area contributed by atoms with Gasteiger partial charge in [-0.15, -0.1) is 0 Å². The van der Waals surface area contributed by atoms with E-state index in [0.29, 0.717) is 5.69 Å². The third-order valence-corrected chi connectivity index (χ3v) is 3.37. The SMILES string of the molecule is CC(C)c1cc(=O)[nH]c(=O)n1[C@@H]1O[C@H](CO)[C@@H](O)[C@H]1O. The lowest BCUT2D eigenvalue weighted by Crippen LogP contribution is -2.40. The van der Waals surface area contributed by atoms with E-state index in [1.54, 1.807) is 13.8 Å². The largest absolute Gasteiger partial charge is 0.394 e. The molecule has 8 nitrogen and oxygen atoms in total. The summed E-state index contributed by atoms with van der Waals surface area (Å²) in [6, 6.07) is 1.25. The lowest BCUT2D eigenvalue weighted by Gasteiger charge is -2.22. The highest BCUT2D eigenvalue weighted by Crippen LogP contribution is 2.30. The number of nitrogens with zero attached hydrogens (tertiary/aromatic N) is 1. The van der Waals surface area contributed by atoms with E-state index in [1.165, 1.54) is 6.07 Å². The molecule has 0 aromatic carbocycles. The summed E-state index contributed by atoms with van der Waals surface area (Å²) in [5.41, 5.74) is -0.883. The topological polar surface area (TPSA) is 125 Å². The zero-order chi connectivity index (χ0) is 15.0. The van der Waals surface area contributed by atoms with Gasteiger partial charge in [-0.3, -0.25) is 14.3 Å². The van der Waals surface area contributed by atoms with E-state index in [1.807, 2.05) is 0 Å². The predicted octanol–water partition coefficient (Wildman–Crippen LogP) is -1.73. The van der Waals surface area contributed by atoms with Crippen molar-refractivity contribution in [3.8, 4) is 0 Å². The van der Waals surface area contributed by atoms with Gasteiger partial charge in [0.1, 0.15) is 18.3 Å². The standard InChI is InChI=1S/C12H18N2O6/c1-5(2)6-3-8(16)13-12(19)14(6)11-10(18)9(17)7(4-15)20-11/h3,5,7,9-11,15,17-18H,4H2,1-2H3,(H,13,16,19)/t7-,9-,10-,11-/m1/s1. The number of nitrogens with one attached hydrogen (secondary N) is 1. The van der Waals surface area contributed by atoms with Crippen molar-refractivity contribution in [3.05, 3.63) is 32.6 Å². The molecule has 112 valence electrons. The molecule has 1 aromatic heterocycles. The van der Waals surface area contributed by atoms with Crippen molar-refractivity contribution in [2.75, 3.05) is 6.61 Å². The van der Waals surface area contributed by atoms with Gasteiger partial charge in [-0.25, -0.2) is 4.79 Å². The summed E-state index contributed by atoms with van der Waals surface area (Å²) in [7, 11) is 0. The molecular formula is C12H18N2O6. The quantitative estimate of drug-likeness (QED) is 0.523. The van der Waals surface area contributed by atoms with E-state index in [4.69, 9.17) is 9.84 Å². The zero-order valence-corrected chi connectivity index (χ0v) is 11.2. The van der Waals surface area contributed by atoms with Crippen LogP contribution in [0, 0.1) is 0 Å². The van der Waals surface area contributed by atoms with Crippen LogP contribution in [-0.2, 0) is 4.74 Å². The number of H-pyrrole nitrogens is 1. The number of aromatic amines is 1. The van der Waals surface area contributed by atoms with Gasteiger partial charge in [0.15, 0.2) is 6.23 Å². The maximum absolute atomic E-state index is 12.0. The zero-order valence-electron chi connectivity index (χ0n) is 11.2. The Kier molecular flexibility index (Phi) is 4.09. The maximum atomic E-state index is 12.0. The van der Waals surface area contributed by atoms with Crippen molar-refractivity contribution in [1.82, 2.24) is 9.55 Å². The van der Waals surface area contributed by atoms with Crippen LogP contribution in [0.15, 0.2) is 15.7 Å². The van der Waals surface area contributed by atoms with Gasteiger partial charge < -0.3 is 20.1 Å². The summed E-state index contributed by atoms with van der Waals surface area (Å²) in [6.07, 6.45) is -4.80. The normalized spacial score (nSPS) is 30.1. The van der Waals surface area contributed by atoms with Crippen molar-refractivity contribution in [1.29, 1.82) is 0 Å². The third-order valence-electron chi connectivity index (χ3n) is 3.37. The number of aromatic nitrogens is 2. The Labute approximate surface area is 114 Å². The van der Waals surface area contributed by atoms with Crippen LogP contribution >= 0.6 is 0 Å².